The number of hydrogen-bond acceptors (Lipinski definition) is 5. The molecule has 6 heteroatoms. The smallest absolute Gasteiger partial charge is 0.200 e. The molecule has 5 nitrogen and oxygen atoms in total. The van der Waals surface area contributed by atoms with E-state index in [0.717, 1.165) is 32.2 Å². The van der Waals surface area contributed by atoms with Crippen molar-refractivity contribution in [1.82, 2.24) is 9.97 Å². The molecule has 1 fully saturated rings. The molecule has 0 aromatic carbocycles. The van der Waals surface area contributed by atoms with Gasteiger partial charge in [-0.3, -0.25) is 4.79 Å². The third kappa shape index (κ3) is 1.85. The Morgan fingerprint density at radius 3 is 2.73 bits per heavy atom. The zero-order chi connectivity index (χ0) is 10.8. The van der Waals surface area contributed by atoms with Crippen molar-refractivity contribution in [2.75, 3.05) is 23.7 Å². The van der Waals surface area contributed by atoms with Crippen LogP contribution >= 0.6 is 12.2 Å². The number of nitrogens with two attached hydrogens (primary N) is 1. The zero-order valence-electron chi connectivity index (χ0n) is 8.19. The lowest BCUT2D eigenvalue weighted by Crippen LogP contribution is -2.21. The van der Waals surface area contributed by atoms with Gasteiger partial charge in [-0.25, -0.2) is 4.98 Å². The number of rotatable bonds is 2. The third-order valence-electron chi connectivity index (χ3n) is 2.49. The number of nitrogens with one attached hydrogen (secondary N) is 1. The van der Waals surface area contributed by atoms with E-state index in [1.54, 1.807) is 0 Å². The van der Waals surface area contributed by atoms with Crippen LogP contribution in [0.1, 0.15) is 23.2 Å². The molecule has 0 unspecified atom stereocenters. The number of nitrogens with zero attached hydrogens (tertiary/aromatic N) is 2. The molecule has 0 atom stereocenters. The SMILES string of the molecule is Nc1nc(=S)c(C=O)c(N2CCCC2)[nH]1. The summed E-state index contributed by atoms with van der Waals surface area (Å²) >= 11 is 4.99. The summed E-state index contributed by atoms with van der Waals surface area (Å²) in [4.78, 5) is 19.8. The average molecular weight is 224 g/mol. The Labute approximate surface area is 92.3 Å². The van der Waals surface area contributed by atoms with Gasteiger partial charge in [0, 0.05) is 13.1 Å². The molecule has 0 amide bonds. The monoisotopic (exact) mass is 224 g/mol. The summed E-state index contributed by atoms with van der Waals surface area (Å²) in [5, 5.41) is 0. The summed E-state index contributed by atoms with van der Waals surface area (Å²) in [5.74, 6) is 0.965. The topological polar surface area (TPSA) is 75.0 Å². The van der Waals surface area contributed by atoms with Gasteiger partial charge in [-0.2, -0.15) is 0 Å². The fourth-order valence-corrected chi connectivity index (χ4v) is 2.03. The lowest BCUT2D eigenvalue weighted by atomic mass is 10.3. The van der Waals surface area contributed by atoms with E-state index in [-0.39, 0.29) is 10.6 Å². The summed E-state index contributed by atoms with van der Waals surface area (Å²) in [6, 6.07) is 0. The number of nitrogen functional groups attached to an aromatic ring is 1. The highest BCUT2D eigenvalue weighted by molar-refractivity contribution is 7.71. The predicted octanol–water partition coefficient (Wildman–Crippen LogP) is 1.13. The highest BCUT2D eigenvalue weighted by Gasteiger charge is 2.17. The van der Waals surface area contributed by atoms with Crippen molar-refractivity contribution < 1.29 is 4.79 Å². The fraction of sp³-hybridized carbons (Fsp3) is 0.444. The van der Waals surface area contributed by atoms with E-state index in [1.807, 2.05) is 0 Å². The van der Waals surface area contributed by atoms with E-state index >= 15 is 0 Å². The maximum atomic E-state index is 10.9. The average Bonchev–Trinajstić information content (AvgIpc) is 2.69. The van der Waals surface area contributed by atoms with E-state index in [9.17, 15) is 4.79 Å². The van der Waals surface area contributed by atoms with Gasteiger partial charge in [0.25, 0.3) is 0 Å². The van der Waals surface area contributed by atoms with Crippen molar-refractivity contribution in [2.24, 2.45) is 0 Å². The van der Waals surface area contributed by atoms with E-state index in [1.165, 1.54) is 0 Å². The fourth-order valence-electron chi connectivity index (χ4n) is 1.78. The molecule has 0 spiro atoms. The van der Waals surface area contributed by atoms with Crippen LogP contribution in [-0.4, -0.2) is 29.3 Å². The first kappa shape index (κ1) is 10.1. The highest BCUT2D eigenvalue weighted by atomic mass is 32.1. The Kier molecular flexibility index (Phi) is 2.68. The number of aldehydes is 1. The van der Waals surface area contributed by atoms with Gasteiger partial charge < -0.3 is 15.6 Å². The number of anilines is 2. The van der Waals surface area contributed by atoms with E-state index in [2.05, 4.69) is 14.9 Å². The van der Waals surface area contributed by atoms with E-state index < -0.39 is 0 Å². The molecule has 0 bridgehead atoms. The highest BCUT2D eigenvalue weighted by Crippen LogP contribution is 2.22. The predicted molar refractivity (Wildman–Crippen MR) is 60.7 cm³/mol. The lowest BCUT2D eigenvalue weighted by Gasteiger charge is -2.19. The minimum atomic E-state index is 0.257. The van der Waals surface area contributed by atoms with E-state index in [0.29, 0.717) is 11.4 Å². The van der Waals surface area contributed by atoms with Crippen molar-refractivity contribution in [3.63, 3.8) is 0 Å². The molecule has 0 aliphatic carbocycles. The number of carbonyl (C=O) groups is 1. The van der Waals surface area contributed by atoms with Crippen molar-refractivity contribution in [1.29, 1.82) is 0 Å². The molecule has 1 aromatic heterocycles. The summed E-state index contributed by atoms with van der Waals surface area (Å²) in [7, 11) is 0. The van der Waals surface area contributed by atoms with Crippen molar-refractivity contribution in [3.8, 4) is 0 Å². The molecule has 15 heavy (non-hydrogen) atoms. The molecule has 2 heterocycles. The molecular formula is C9H12N4OS. The van der Waals surface area contributed by atoms with Gasteiger partial charge in [-0.1, -0.05) is 12.2 Å². The quantitative estimate of drug-likeness (QED) is 0.582. The van der Waals surface area contributed by atoms with Gasteiger partial charge in [0.05, 0.1) is 5.56 Å². The summed E-state index contributed by atoms with van der Waals surface area (Å²) in [6.07, 6.45) is 2.99. The second kappa shape index (κ2) is 3.98. The number of H-pyrrole nitrogens is 1. The number of carbonyl (C=O) groups excluding carboxylic acids is 1. The van der Waals surface area contributed by atoms with Gasteiger partial charge in [0.15, 0.2) is 12.2 Å². The van der Waals surface area contributed by atoms with Gasteiger partial charge >= 0.3 is 0 Å². The summed E-state index contributed by atoms with van der Waals surface area (Å²) in [5.41, 5.74) is 6.01. The van der Waals surface area contributed by atoms with Crippen molar-refractivity contribution in [2.45, 2.75) is 12.8 Å². The molecule has 0 saturated carbocycles. The third-order valence-corrected chi connectivity index (χ3v) is 2.81. The Hall–Kier alpha value is -1.43. The molecular weight excluding hydrogens is 212 g/mol. The van der Waals surface area contributed by atoms with Crippen molar-refractivity contribution >= 4 is 30.3 Å². The van der Waals surface area contributed by atoms with Crippen LogP contribution in [0.5, 0.6) is 0 Å². The van der Waals surface area contributed by atoms with Crippen LogP contribution in [0.4, 0.5) is 11.8 Å². The number of hydrogen-bond donors (Lipinski definition) is 2. The first-order valence-corrected chi connectivity index (χ1v) is 5.23. The van der Waals surface area contributed by atoms with Gasteiger partial charge in [0.1, 0.15) is 10.5 Å². The zero-order valence-corrected chi connectivity index (χ0v) is 9.01. The molecule has 80 valence electrons. The van der Waals surface area contributed by atoms with Crippen LogP contribution in [0, 0.1) is 4.64 Å². The van der Waals surface area contributed by atoms with Crippen LogP contribution < -0.4 is 10.6 Å². The molecule has 3 N–H and O–H groups in total. The summed E-state index contributed by atoms with van der Waals surface area (Å²) < 4.78 is 0.267. The Morgan fingerprint density at radius 1 is 1.47 bits per heavy atom. The molecule has 1 aliphatic heterocycles. The molecule has 2 rings (SSSR count). The lowest BCUT2D eigenvalue weighted by molar-refractivity contribution is 0.112. The minimum Gasteiger partial charge on any atom is -0.369 e. The van der Waals surface area contributed by atoms with Crippen LogP contribution in [0.2, 0.25) is 0 Å². The first-order valence-electron chi connectivity index (χ1n) is 4.82. The van der Waals surface area contributed by atoms with Gasteiger partial charge in [-0.05, 0) is 12.8 Å². The normalized spacial score (nSPS) is 15.6. The standard InChI is InChI=1S/C9H12N4OS/c10-9-11-7(13-3-1-2-4-13)6(5-14)8(15)12-9/h5H,1-4H2,(H3,10,11,12,15). The number of aromatic nitrogens is 2. The van der Waals surface area contributed by atoms with Gasteiger partial charge in [-0.15, -0.1) is 0 Å². The molecule has 1 aromatic rings. The second-order valence-electron chi connectivity index (χ2n) is 3.50. The maximum absolute atomic E-state index is 10.9. The Balaban J connectivity index is 2.52. The minimum absolute atomic E-state index is 0.257. The van der Waals surface area contributed by atoms with Gasteiger partial charge in [0.2, 0.25) is 0 Å². The maximum Gasteiger partial charge on any atom is 0.200 e. The summed E-state index contributed by atoms with van der Waals surface area (Å²) in [6.45, 7) is 1.85. The van der Waals surface area contributed by atoms with E-state index in [4.69, 9.17) is 18.0 Å². The molecule has 1 aliphatic rings. The second-order valence-corrected chi connectivity index (χ2v) is 3.89. The Morgan fingerprint density at radius 2 is 2.13 bits per heavy atom. The van der Waals surface area contributed by atoms with Crippen LogP contribution in [0.3, 0.4) is 0 Å². The first-order chi connectivity index (χ1) is 7.22. The van der Waals surface area contributed by atoms with Crippen LogP contribution in [0.15, 0.2) is 0 Å². The molecule has 0 radical (unpaired) electrons. The van der Waals surface area contributed by atoms with Crippen LogP contribution in [-0.2, 0) is 0 Å². The molecule has 1 saturated heterocycles. The Bertz CT molecular complexity index is 436. The van der Waals surface area contributed by atoms with Crippen molar-refractivity contribution in [3.05, 3.63) is 10.2 Å². The largest absolute Gasteiger partial charge is 0.369 e. The number of aromatic amines is 1. The van der Waals surface area contributed by atoms with Crippen LogP contribution in [0.25, 0.3) is 0 Å².